The predicted octanol–water partition coefficient (Wildman–Crippen LogP) is 5.61. The quantitative estimate of drug-likeness (QED) is 0.196. The minimum absolute atomic E-state index is 0.0595. The molecule has 41 heavy (non-hydrogen) atoms. The number of anilines is 3. The molecule has 1 fully saturated rings. The van der Waals surface area contributed by atoms with Gasteiger partial charge in [-0.15, -0.1) is 0 Å². The van der Waals surface area contributed by atoms with Crippen LogP contribution in [0.1, 0.15) is 22.8 Å². The van der Waals surface area contributed by atoms with Crippen molar-refractivity contribution >= 4 is 34.1 Å². The standard InChI is InChI=1S/C32H28N4O5/c1-21(37)29-30(36-15-17-39-18-16-36)25-12-11-23(19-28(25)41-31(29)38)34-32-33-14-13-26(35-32)24-9-5-6-10-27(24)40-20-22-7-3-2-4-8-22/h2-14,19H,15-18,20H2,1H3,(H,33,34,35). The summed E-state index contributed by atoms with van der Waals surface area (Å²) >= 11 is 0. The highest BCUT2D eigenvalue weighted by Crippen LogP contribution is 2.33. The maximum Gasteiger partial charge on any atom is 0.349 e. The molecule has 0 amide bonds. The summed E-state index contributed by atoms with van der Waals surface area (Å²) in [6, 6.07) is 25.0. The lowest BCUT2D eigenvalue weighted by Crippen LogP contribution is -2.38. The fraction of sp³-hybridized carbons (Fsp3) is 0.188. The number of ether oxygens (including phenoxy) is 2. The molecular weight excluding hydrogens is 520 g/mol. The summed E-state index contributed by atoms with van der Waals surface area (Å²) in [5.74, 6) is 0.754. The molecule has 2 aromatic heterocycles. The molecule has 9 nitrogen and oxygen atoms in total. The van der Waals surface area contributed by atoms with Crippen LogP contribution in [0.4, 0.5) is 17.3 Å². The van der Waals surface area contributed by atoms with Crippen LogP contribution in [0.25, 0.3) is 22.2 Å². The second-order valence-electron chi connectivity index (χ2n) is 9.64. The highest BCUT2D eigenvalue weighted by molar-refractivity contribution is 6.07. The van der Waals surface area contributed by atoms with Gasteiger partial charge in [0, 0.05) is 42.0 Å². The molecule has 6 rings (SSSR count). The van der Waals surface area contributed by atoms with Gasteiger partial charge >= 0.3 is 5.63 Å². The van der Waals surface area contributed by atoms with Crippen LogP contribution in [0, 0.1) is 0 Å². The summed E-state index contributed by atoms with van der Waals surface area (Å²) in [5.41, 5.74) is 3.59. The number of fused-ring (bicyclic) bond motifs is 1. The van der Waals surface area contributed by atoms with Crippen molar-refractivity contribution in [3.8, 4) is 17.0 Å². The fourth-order valence-corrected chi connectivity index (χ4v) is 4.93. The summed E-state index contributed by atoms with van der Waals surface area (Å²) in [7, 11) is 0. The molecule has 0 saturated carbocycles. The second-order valence-corrected chi connectivity index (χ2v) is 9.64. The number of ketones is 1. The molecule has 3 aromatic carbocycles. The first-order valence-electron chi connectivity index (χ1n) is 13.4. The number of nitrogens with zero attached hydrogens (tertiary/aromatic N) is 3. The van der Waals surface area contributed by atoms with E-state index < -0.39 is 5.63 Å². The van der Waals surface area contributed by atoms with E-state index in [2.05, 4.69) is 10.3 Å². The number of para-hydroxylation sites is 1. The van der Waals surface area contributed by atoms with E-state index in [1.54, 1.807) is 12.3 Å². The lowest BCUT2D eigenvalue weighted by atomic mass is 10.1. The van der Waals surface area contributed by atoms with Crippen LogP contribution >= 0.6 is 0 Å². The third-order valence-corrected chi connectivity index (χ3v) is 6.87. The van der Waals surface area contributed by atoms with Gasteiger partial charge in [-0.25, -0.2) is 14.8 Å². The molecule has 0 aliphatic carbocycles. The minimum atomic E-state index is -0.658. The van der Waals surface area contributed by atoms with Crippen LogP contribution in [0.5, 0.6) is 5.75 Å². The maximum atomic E-state index is 12.9. The van der Waals surface area contributed by atoms with E-state index in [4.69, 9.17) is 18.9 Å². The Hall–Kier alpha value is -5.02. The number of nitrogens with one attached hydrogen (secondary N) is 1. The predicted molar refractivity (Wildman–Crippen MR) is 157 cm³/mol. The molecule has 0 radical (unpaired) electrons. The Morgan fingerprint density at radius 2 is 1.78 bits per heavy atom. The van der Waals surface area contributed by atoms with Gasteiger partial charge in [-0.1, -0.05) is 42.5 Å². The molecule has 1 aliphatic rings. The number of rotatable bonds is 8. The first-order valence-corrected chi connectivity index (χ1v) is 13.4. The van der Waals surface area contributed by atoms with Crippen molar-refractivity contribution in [1.82, 2.24) is 9.97 Å². The number of benzene rings is 3. The van der Waals surface area contributed by atoms with Gasteiger partial charge in [-0.2, -0.15) is 0 Å². The van der Waals surface area contributed by atoms with Gasteiger partial charge in [-0.3, -0.25) is 4.79 Å². The fourth-order valence-electron chi connectivity index (χ4n) is 4.93. The van der Waals surface area contributed by atoms with E-state index in [0.717, 1.165) is 11.1 Å². The highest BCUT2D eigenvalue weighted by atomic mass is 16.5. The van der Waals surface area contributed by atoms with Crippen molar-refractivity contribution in [2.24, 2.45) is 0 Å². The second kappa shape index (κ2) is 11.6. The molecule has 0 atom stereocenters. The van der Waals surface area contributed by atoms with Crippen molar-refractivity contribution < 1.29 is 18.7 Å². The maximum absolute atomic E-state index is 12.9. The van der Waals surface area contributed by atoms with Crippen LogP contribution in [0.15, 0.2) is 94.3 Å². The number of carbonyl (C=O) groups excluding carboxylic acids is 1. The smallest absolute Gasteiger partial charge is 0.349 e. The third-order valence-electron chi connectivity index (χ3n) is 6.87. The number of Topliss-reactive ketones (excluding diaryl/α,β-unsaturated/α-hetero) is 1. The van der Waals surface area contributed by atoms with Gasteiger partial charge in [0.05, 0.1) is 24.6 Å². The van der Waals surface area contributed by atoms with Gasteiger partial charge < -0.3 is 24.1 Å². The summed E-state index contributed by atoms with van der Waals surface area (Å²) in [5, 5.41) is 3.90. The Morgan fingerprint density at radius 3 is 2.59 bits per heavy atom. The van der Waals surface area contributed by atoms with E-state index in [9.17, 15) is 9.59 Å². The molecule has 206 valence electrons. The zero-order valence-electron chi connectivity index (χ0n) is 22.5. The van der Waals surface area contributed by atoms with Crippen molar-refractivity contribution in [3.63, 3.8) is 0 Å². The number of hydrogen-bond acceptors (Lipinski definition) is 9. The zero-order chi connectivity index (χ0) is 28.2. The third kappa shape index (κ3) is 5.66. The average molecular weight is 549 g/mol. The van der Waals surface area contributed by atoms with Crippen molar-refractivity contribution in [2.45, 2.75) is 13.5 Å². The van der Waals surface area contributed by atoms with Gasteiger partial charge in [0.1, 0.15) is 23.5 Å². The summed E-state index contributed by atoms with van der Waals surface area (Å²) in [6.45, 7) is 4.02. The number of aromatic nitrogens is 2. The first-order chi connectivity index (χ1) is 20.1. The molecule has 0 spiro atoms. The van der Waals surface area contributed by atoms with Crippen LogP contribution in [-0.2, 0) is 11.3 Å². The molecule has 9 heteroatoms. The van der Waals surface area contributed by atoms with E-state index in [1.165, 1.54) is 6.92 Å². The Kier molecular flexibility index (Phi) is 7.42. The molecular formula is C32H28N4O5. The SMILES string of the molecule is CC(=O)c1c(N2CCOCC2)c2ccc(Nc3nccc(-c4ccccc4OCc4ccccc4)n3)cc2oc1=O. The van der Waals surface area contributed by atoms with Gasteiger partial charge in [0.25, 0.3) is 0 Å². The number of carbonyl (C=O) groups is 1. The normalized spacial score (nSPS) is 13.2. The molecule has 1 N–H and O–H groups in total. The summed E-state index contributed by atoms with van der Waals surface area (Å²) in [4.78, 5) is 36.4. The topological polar surface area (TPSA) is 107 Å². The monoisotopic (exact) mass is 548 g/mol. The van der Waals surface area contributed by atoms with E-state index >= 15 is 0 Å². The van der Waals surface area contributed by atoms with Gasteiger partial charge in [-0.05, 0) is 42.8 Å². The lowest BCUT2D eigenvalue weighted by molar-refractivity contribution is 0.101. The zero-order valence-corrected chi connectivity index (χ0v) is 22.5. The number of morpholine rings is 1. The van der Waals surface area contributed by atoms with E-state index in [-0.39, 0.29) is 11.3 Å². The van der Waals surface area contributed by atoms with E-state index in [0.29, 0.717) is 72.6 Å². The molecule has 5 aromatic rings. The summed E-state index contributed by atoms with van der Waals surface area (Å²) in [6.07, 6.45) is 1.68. The van der Waals surface area contributed by atoms with Crippen LogP contribution in [0.2, 0.25) is 0 Å². The van der Waals surface area contributed by atoms with E-state index in [1.807, 2.05) is 77.7 Å². The lowest BCUT2D eigenvalue weighted by Gasteiger charge is -2.30. The van der Waals surface area contributed by atoms with Crippen LogP contribution < -0.4 is 20.6 Å². The molecule has 1 aliphatic heterocycles. The Bertz CT molecular complexity index is 1760. The largest absolute Gasteiger partial charge is 0.488 e. The molecule has 0 unspecified atom stereocenters. The van der Waals surface area contributed by atoms with Crippen molar-refractivity contribution in [1.29, 1.82) is 0 Å². The van der Waals surface area contributed by atoms with Crippen LogP contribution in [-0.4, -0.2) is 42.1 Å². The number of hydrogen-bond donors (Lipinski definition) is 1. The van der Waals surface area contributed by atoms with Crippen molar-refractivity contribution in [3.05, 3.63) is 107 Å². The van der Waals surface area contributed by atoms with Gasteiger partial charge in [0.15, 0.2) is 5.78 Å². The Labute approximate surface area is 236 Å². The van der Waals surface area contributed by atoms with Gasteiger partial charge in [0.2, 0.25) is 5.95 Å². The average Bonchev–Trinajstić information content (AvgIpc) is 3.00. The van der Waals surface area contributed by atoms with Crippen LogP contribution in [0.3, 0.4) is 0 Å². The Morgan fingerprint density at radius 1 is 1.00 bits per heavy atom. The molecule has 1 saturated heterocycles. The van der Waals surface area contributed by atoms with Crippen molar-refractivity contribution in [2.75, 3.05) is 36.5 Å². The highest BCUT2D eigenvalue weighted by Gasteiger charge is 2.24. The summed E-state index contributed by atoms with van der Waals surface area (Å²) < 4.78 is 17.2. The first kappa shape index (κ1) is 26.2. The molecule has 0 bridgehead atoms. The Balaban J connectivity index is 1.29. The molecule has 3 heterocycles. The minimum Gasteiger partial charge on any atom is -0.488 e.